The van der Waals surface area contributed by atoms with Gasteiger partial charge < -0.3 is 10.5 Å². The summed E-state index contributed by atoms with van der Waals surface area (Å²) in [4.78, 5) is 13.7. The number of ether oxygens (including phenoxy) is 1. The second kappa shape index (κ2) is 6.04. The lowest BCUT2D eigenvalue weighted by atomic mass is 10.3. The summed E-state index contributed by atoms with van der Waals surface area (Å²) in [6.07, 6.45) is 0. The monoisotopic (exact) mass is 307 g/mol. The molecule has 0 spiro atoms. The van der Waals surface area contributed by atoms with Gasteiger partial charge in [0.25, 0.3) is 0 Å². The lowest BCUT2D eigenvalue weighted by Gasteiger charge is -2.18. The summed E-state index contributed by atoms with van der Waals surface area (Å²) in [5.74, 6) is 1.75. The van der Waals surface area contributed by atoms with Gasteiger partial charge in [0.05, 0.1) is 17.9 Å². The zero-order chi connectivity index (χ0) is 14.7. The molecule has 1 aromatic heterocycles. The Labute approximate surface area is 125 Å². The molecule has 3 rings (SSSR count). The number of para-hydroxylation sites is 1. The van der Waals surface area contributed by atoms with Gasteiger partial charge in [0.15, 0.2) is 0 Å². The van der Waals surface area contributed by atoms with Crippen molar-refractivity contribution < 1.29 is 18.8 Å². The first kappa shape index (κ1) is 13.7. The highest BCUT2D eigenvalue weighted by molar-refractivity contribution is 7.99. The number of esters is 1. The maximum atomic E-state index is 12.3. The predicted octanol–water partition coefficient (Wildman–Crippen LogP) is 0.448. The van der Waals surface area contributed by atoms with E-state index in [4.69, 9.17) is 15.0 Å². The number of nitrogens with zero attached hydrogens (tertiary/aromatic N) is 3. The number of hydrogen-bond donors (Lipinski definition) is 1. The van der Waals surface area contributed by atoms with Crippen LogP contribution >= 0.6 is 11.8 Å². The fourth-order valence-electron chi connectivity index (χ4n) is 2.03. The number of nitrogen functional groups attached to an aromatic ring is 1. The van der Waals surface area contributed by atoms with Crippen molar-refractivity contribution in [3.63, 3.8) is 0 Å². The molecule has 2 aromatic rings. The van der Waals surface area contributed by atoms with E-state index in [2.05, 4.69) is 5.27 Å². The van der Waals surface area contributed by atoms with Gasteiger partial charge in [0.2, 0.25) is 5.27 Å². The van der Waals surface area contributed by atoms with Crippen LogP contribution in [0.4, 0.5) is 5.88 Å². The molecule has 8 heteroatoms. The third-order valence-electron chi connectivity index (χ3n) is 3.05. The van der Waals surface area contributed by atoms with Crippen molar-refractivity contribution in [2.24, 2.45) is 0 Å². The van der Waals surface area contributed by atoms with Crippen molar-refractivity contribution in [3.05, 3.63) is 36.0 Å². The third kappa shape index (κ3) is 2.94. The van der Waals surface area contributed by atoms with Gasteiger partial charge in [0, 0.05) is 11.5 Å². The summed E-state index contributed by atoms with van der Waals surface area (Å²) in [5.41, 5.74) is 5.84. The van der Waals surface area contributed by atoms with Gasteiger partial charge in [-0.1, -0.05) is 18.2 Å². The number of nitrogens with two attached hydrogens (primary N) is 1. The average molecular weight is 307 g/mol. The minimum atomic E-state index is -0.585. The lowest BCUT2D eigenvalue weighted by molar-refractivity contribution is -0.759. The van der Waals surface area contributed by atoms with Crippen molar-refractivity contribution >= 4 is 23.6 Å². The number of carbonyl (C=O) groups excluding carboxylic acids is 1. The summed E-state index contributed by atoms with van der Waals surface area (Å²) in [6, 6.07) is 8.81. The van der Waals surface area contributed by atoms with Crippen LogP contribution in [-0.2, 0) is 0 Å². The highest BCUT2D eigenvalue weighted by Gasteiger charge is 2.37. The number of aromatic nitrogens is 2. The van der Waals surface area contributed by atoms with Crippen molar-refractivity contribution in [2.75, 3.05) is 35.3 Å². The Morgan fingerprint density at radius 2 is 2.05 bits per heavy atom. The Bertz CT molecular complexity index is 626. The van der Waals surface area contributed by atoms with E-state index in [1.807, 2.05) is 22.8 Å². The first-order chi connectivity index (χ1) is 10.3. The minimum absolute atomic E-state index is 0.0471. The van der Waals surface area contributed by atoms with Crippen LogP contribution in [0.25, 0.3) is 0 Å². The molecule has 7 nitrogen and oxygen atoms in total. The molecule has 0 atom stereocenters. The van der Waals surface area contributed by atoms with E-state index in [-0.39, 0.29) is 11.6 Å². The van der Waals surface area contributed by atoms with Crippen LogP contribution in [-0.4, -0.2) is 35.8 Å². The number of rotatable bonds is 3. The largest absolute Gasteiger partial charge is 0.421 e. The molecular formula is C13H15N4O3S+. The van der Waals surface area contributed by atoms with Crippen molar-refractivity contribution in [3.8, 4) is 5.75 Å². The highest BCUT2D eigenvalue weighted by Crippen LogP contribution is 2.14. The fraction of sp³-hybridized carbons (Fsp3) is 0.308. The zero-order valence-corrected chi connectivity index (χ0v) is 12.1. The van der Waals surface area contributed by atoms with E-state index in [0.717, 1.165) is 24.6 Å². The van der Waals surface area contributed by atoms with Gasteiger partial charge in [-0.2, -0.15) is 16.8 Å². The number of thioether (sulfide) groups is 1. The van der Waals surface area contributed by atoms with E-state index in [9.17, 15) is 4.79 Å². The summed E-state index contributed by atoms with van der Waals surface area (Å²) in [5, 5.41) is 5.75. The number of anilines is 1. The van der Waals surface area contributed by atoms with Crippen molar-refractivity contribution in [1.29, 1.82) is 0 Å². The second-order valence-corrected chi connectivity index (χ2v) is 5.67. The Balaban J connectivity index is 1.84. The van der Waals surface area contributed by atoms with Gasteiger partial charge in [0.1, 0.15) is 5.75 Å². The van der Waals surface area contributed by atoms with E-state index in [1.165, 1.54) is 4.79 Å². The molecule has 0 amide bonds. The molecular weight excluding hydrogens is 292 g/mol. The van der Waals surface area contributed by atoms with E-state index >= 15 is 0 Å². The number of carbonyl (C=O) groups is 1. The molecule has 0 aliphatic carbocycles. The van der Waals surface area contributed by atoms with Gasteiger partial charge in [-0.3, -0.25) is 4.52 Å². The second-order valence-electron chi connectivity index (χ2n) is 4.44. The maximum absolute atomic E-state index is 12.3. The standard InChI is InChI=1S/C13H14N4O3S/c14-12-11(13(18)19-10-4-2-1-3-5-10)17(15-20-12)16-6-8-21-9-7-16/h1-5H,6-9H2,(H-,14,15,18)/p+1. The molecule has 0 unspecified atom stereocenters. The van der Waals surface area contributed by atoms with Gasteiger partial charge in [-0.15, -0.1) is 0 Å². The predicted molar refractivity (Wildman–Crippen MR) is 77.8 cm³/mol. The van der Waals surface area contributed by atoms with Gasteiger partial charge in [-0.25, -0.2) is 4.79 Å². The fourth-order valence-corrected chi connectivity index (χ4v) is 2.91. The highest BCUT2D eigenvalue weighted by atomic mass is 32.2. The Hall–Kier alpha value is -2.22. The smallest absolute Gasteiger partial charge is 0.418 e. The van der Waals surface area contributed by atoms with E-state index in [1.54, 1.807) is 24.3 Å². The molecule has 1 aliphatic rings. The SMILES string of the molecule is Nc1on[n+](N2CCSCC2)c1C(=O)Oc1ccccc1. The van der Waals surface area contributed by atoms with Gasteiger partial charge in [-0.05, 0) is 12.1 Å². The molecule has 0 saturated carbocycles. The molecule has 0 bridgehead atoms. The van der Waals surface area contributed by atoms with E-state index in [0.29, 0.717) is 5.75 Å². The van der Waals surface area contributed by atoms with Crippen LogP contribution < -0.4 is 20.3 Å². The first-order valence-corrected chi connectivity index (χ1v) is 7.69. The topological polar surface area (TPSA) is 85.5 Å². The summed E-state index contributed by atoms with van der Waals surface area (Å²) in [6.45, 7) is 1.54. The van der Waals surface area contributed by atoms with Crippen LogP contribution in [0.3, 0.4) is 0 Å². The van der Waals surface area contributed by atoms with Crippen LogP contribution in [0.2, 0.25) is 0 Å². The first-order valence-electron chi connectivity index (χ1n) is 6.53. The minimum Gasteiger partial charge on any atom is -0.418 e. The maximum Gasteiger partial charge on any atom is 0.421 e. The zero-order valence-electron chi connectivity index (χ0n) is 11.3. The Morgan fingerprint density at radius 1 is 1.33 bits per heavy atom. The molecule has 2 N–H and O–H groups in total. The summed E-state index contributed by atoms with van der Waals surface area (Å²) in [7, 11) is 0. The Morgan fingerprint density at radius 3 is 2.76 bits per heavy atom. The molecule has 0 radical (unpaired) electrons. The molecule has 110 valence electrons. The molecule has 1 fully saturated rings. The molecule has 1 aliphatic heterocycles. The normalized spacial score (nSPS) is 15.0. The molecule has 1 aromatic carbocycles. The van der Waals surface area contributed by atoms with Crippen molar-refractivity contribution in [1.82, 2.24) is 5.27 Å². The molecule has 1 saturated heterocycles. The van der Waals surface area contributed by atoms with Crippen LogP contribution in [0.15, 0.2) is 34.9 Å². The summed E-state index contributed by atoms with van der Waals surface area (Å²) < 4.78 is 10.2. The van der Waals surface area contributed by atoms with Crippen LogP contribution in [0.5, 0.6) is 5.75 Å². The lowest BCUT2D eigenvalue weighted by Crippen LogP contribution is -2.64. The van der Waals surface area contributed by atoms with Crippen LogP contribution in [0.1, 0.15) is 10.5 Å². The summed E-state index contributed by atoms with van der Waals surface area (Å²) >= 11 is 1.86. The average Bonchev–Trinajstić information content (AvgIpc) is 2.91. The third-order valence-corrected chi connectivity index (χ3v) is 3.99. The molecule has 21 heavy (non-hydrogen) atoms. The van der Waals surface area contributed by atoms with Gasteiger partial charge >= 0.3 is 17.5 Å². The number of benzene rings is 1. The molecule has 2 heterocycles. The Kier molecular flexibility index (Phi) is 3.96. The van der Waals surface area contributed by atoms with Crippen molar-refractivity contribution in [2.45, 2.75) is 0 Å². The number of hydrogen-bond acceptors (Lipinski definition) is 7. The van der Waals surface area contributed by atoms with E-state index < -0.39 is 5.97 Å². The van der Waals surface area contributed by atoms with Crippen LogP contribution in [0, 0.1) is 0 Å². The quantitative estimate of drug-likeness (QED) is 0.500.